The molecule has 0 saturated carbocycles. The van der Waals surface area contributed by atoms with Crippen molar-refractivity contribution in [3.8, 4) is 17.6 Å². The molecule has 1 aliphatic rings. The molecule has 10 heteroatoms. The molecule has 1 saturated heterocycles. The van der Waals surface area contributed by atoms with Crippen LogP contribution in [0.15, 0.2) is 40.1 Å². The van der Waals surface area contributed by atoms with Gasteiger partial charge in [-0.25, -0.2) is 14.8 Å². The first-order valence-electron chi connectivity index (χ1n) is 11.9. The van der Waals surface area contributed by atoms with E-state index in [1.54, 1.807) is 27.3 Å². The number of rotatable bonds is 5. The summed E-state index contributed by atoms with van der Waals surface area (Å²) in [5.74, 6) is 7.56. The van der Waals surface area contributed by atoms with Crippen molar-refractivity contribution in [3.05, 3.63) is 57.1 Å². The number of nitrogens with two attached hydrogens (primary N) is 1. The van der Waals surface area contributed by atoms with Crippen molar-refractivity contribution in [1.82, 2.24) is 23.7 Å². The predicted molar refractivity (Wildman–Crippen MR) is 140 cm³/mol. The van der Waals surface area contributed by atoms with Crippen molar-refractivity contribution in [2.24, 2.45) is 12.8 Å². The summed E-state index contributed by atoms with van der Waals surface area (Å²) < 4.78 is 10.3. The molecule has 3 aromatic heterocycles. The van der Waals surface area contributed by atoms with Crippen LogP contribution in [-0.2, 0) is 20.1 Å². The minimum absolute atomic E-state index is 0.0118. The van der Waals surface area contributed by atoms with E-state index in [1.807, 2.05) is 28.8 Å². The SMILES string of the molecule is CC#CCn1c(N2CCCC(N)C2)c(OC)c2c1c(=O)n(Cc1ncc3ccccc3n1)c(=O)n2C. The molecule has 10 nitrogen and oxygen atoms in total. The molecule has 0 aliphatic carbocycles. The number of ether oxygens (including phenoxy) is 1. The number of hydrogen-bond donors (Lipinski definition) is 1. The molecule has 4 heterocycles. The zero-order chi connectivity index (χ0) is 25.4. The van der Waals surface area contributed by atoms with Crippen LogP contribution in [0.25, 0.3) is 21.9 Å². The monoisotopic (exact) mass is 487 g/mol. The molecule has 36 heavy (non-hydrogen) atoms. The van der Waals surface area contributed by atoms with Gasteiger partial charge in [-0.05, 0) is 25.8 Å². The van der Waals surface area contributed by atoms with Gasteiger partial charge in [-0.15, -0.1) is 5.92 Å². The largest absolute Gasteiger partial charge is 0.491 e. The van der Waals surface area contributed by atoms with Gasteiger partial charge in [0, 0.05) is 37.8 Å². The Bertz CT molecular complexity index is 1640. The van der Waals surface area contributed by atoms with Crippen LogP contribution < -0.4 is 26.6 Å². The van der Waals surface area contributed by atoms with E-state index in [0.29, 0.717) is 29.2 Å². The minimum atomic E-state index is -0.469. The Labute approximate surface area is 207 Å². The highest BCUT2D eigenvalue weighted by Gasteiger charge is 2.30. The van der Waals surface area contributed by atoms with Crippen LogP contribution in [0.3, 0.4) is 0 Å². The van der Waals surface area contributed by atoms with Gasteiger partial charge >= 0.3 is 5.69 Å². The quantitative estimate of drug-likeness (QED) is 0.424. The Morgan fingerprint density at radius 3 is 2.75 bits per heavy atom. The molecular weight excluding hydrogens is 458 g/mol. The summed E-state index contributed by atoms with van der Waals surface area (Å²) in [6.45, 7) is 3.37. The first kappa shape index (κ1) is 23.6. The number of benzene rings is 1. The standard InChI is InChI=1S/C26H29N7O3/c1-4-5-13-32-22-21(23(36-3)24(32)31-12-8-10-18(27)15-31)30(2)26(35)33(25(22)34)16-20-28-14-17-9-6-7-11-19(17)29-20/h6-7,9,11,14,18H,8,10,12-13,15-16,27H2,1-3H3. The summed E-state index contributed by atoms with van der Waals surface area (Å²) in [6, 6.07) is 7.60. The van der Waals surface area contributed by atoms with E-state index in [9.17, 15) is 9.59 Å². The maximum absolute atomic E-state index is 13.9. The summed E-state index contributed by atoms with van der Waals surface area (Å²) in [4.78, 5) is 38.4. The number of anilines is 1. The number of nitrogens with zero attached hydrogens (tertiary/aromatic N) is 6. The third-order valence-electron chi connectivity index (χ3n) is 6.68. The number of methoxy groups -OCH3 is 1. The fourth-order valence-electron chi connectivity index (χ4n) is 4.97. The Morgan fingerprint density at radius 2 is 2.00 bits per heavy atom. The van der Waals surface area contributed by atoms with Gasteiger partial charge in [-0.3, -0.25) is 13.9 Å². The Balaban J connectivity index is 1.74. The zero-order valence-electron chi connectivity index (χ0n) is 20.7. The second kappa shape index (κ2) is 9.51. The van der Waals surface area contributed by atoms with E-state index in [-0.39, 0.29) is 19.1 Å². The number of aryl methyl sites for hydroxylation is 1. The van der Waals surface area contributed by atoms with E-state index in [1.165, 1.54) is 9.13 Å². The maximum Gasteiger partial charge on any atom is 0.331 e. The predicted octanol–water partition coefficient (Wildman–Crippen LogP) is 1.45. The normalized spacial score (nSPS) is 15.8. The average Bonchev–Trinajstić information content (AvgIpc) is 3.23. The van der Waals surface area contributed by atoms with Gasteiger partial charge in [0.15, 0.2) is 11.6 Å². The van der Waals surface area contributed by atoms with Gasteiger partial charge in [0.25, 0.3) is 5.56 Å². The Morgan fingerprint density at radius 1 is 1.19 bits per heavy atom. The summed E-state index contributed by atoms with van der Waals surface area (Å²) in [5.41, 5.74) is 6.92. The molecule has 0 amide bonds. The van der Waals surface area contributed by atoms with Crippen LogP contribution in [0.2, 0.25) is 0 Å². The van der Waals surface area contributed by atoms with Crippen LogP contribution in [0.5, 0.6) is 5.75 Å². The van der Waals surface area contributed by atoms with Crippen LogP contribution in [0, 0.1) is 11.8 Å². The van der Waals surface area contributed by atoms with Crippen LogP contribution >= 0.6 is 0 Å². The topological polar surface area (TPSA) is 113 Å². The summed E-state index contributed by atoms with van der Waals surface area (Å²) in [6.07, 6.45) is 3.56. The lowest BCUT2D eigenvalue weighted by Crippen LogP contribution is -2.44. The number of piperidine rings is 1. The summed E-state index contributed by atoms with van der Waals surface area (Å²) >= 11 is 0. The zero-order valence-corrected chi connectivity index (χ0v) is 20.7. The van der Waals surface area contributed by atoms with Crippen molar-refractivity contribution < 1.29 is 4.74 Å². The van der Waals surface area contributed by atoms with Gasteiger partial charge in [0.1, 0.15) is 16.9 Å². The molecular formula is C26H29N7O3. The fourth-order valence-corrected chi connectivity index (χ4v) is 4.97. The van der Waals surface area contributed by atoms with Gasteiger partial charge in [-0.1, -0.05) is 24.1 Å². The Hall–Kier alpha value is -4.10. The number of hydrogen-bond acceptors (Lipinski definition) is 7. The van der Waals surface area contributed by atoms with Crippen LogP contribution in [0.4, 0.5) is 5.82 Å². The van der Waals surface area contributed by atoms with Crippen LogP contribution in [-0.4, -0.2) is 49.9 Å². The lowest BCUT2D eigenvalue weighted by molar-refractivity contribution is 0.411. The van der Waals surface area contributed by atoms with E-state index >= 15 is 0 Å². The first-order valence-corrected chi connectivity index (χ1v) is 11.9. The molecule has 0 spiro atoms. The lowest BCUT2D eigenvalue weighted by Gasteiger charge is -2.33. The summed E-state index contributed by atoms with van der Waals surface area (Å²) in [5, 5.41) is 0.887. The van der Waals surface area contributed by atoms with E-state index < -0.39 is 11.2 Å². The van der Waals surface area contributed by atoms with Crippen molar-refractivity contribution in [2.75, 3.05) is 25.1 Å². The third kappa shape index (κ3) is 3.91. The molecule has 1 unspecified atom stereocenters. The maximum atomic E-state index is 13.9. The molecule has 186 valence electrons. The number of fused-ring (bicyclic) bond motifs is 2. The van der Waals surface area contributed by atoms with E-state index in [2.05, 4.69) is 26.7 Å². The highest BCUT2D eigenvalue weighted by Crippen LogP contribution is 2.38. The second-order valence-corrected chi connectivity index (χ2v) is 8.99. The summed E-state index contributed by atoms with van der Waals surface area (Å²) in [7, 11) is 3.20. The lowest BCUT2D eigenvalue weighted by atomic mass is 10.1. The fraction of sp³-hybridized carbons (Fsp3) is 0.385. The van der Waals surface area contributed by atoms with E-state index in [0.717, 1.165) is 36.1 Å². The molecule has 0 radical (unpaired) electrons. The van der Waals surface area contributed by atoms with Gasteiger partial charge in [0.05, 0.1) is 25.7 Å². The molecule has 1 aliphatic heterocycles. The number of para-hydroxylation sites is 1. The molecule has 2 N–H and O–H groups in total. The van der Waals surface area contributed by atoms with Crippen molar-refractivity contribution in [3.63, 3.8) is 0 Å². The van der Waals surface area contributed by atoms with Gasteiger partial charge in [0.2, 0.25) is 0 Å². The third-order valence-corrected chi connectivity index (χ3v) is 6.68. The van der Waals surface area contributed by atoms with Crippen molar-refractivity contribution in [2.45, 2.75) is 38.9 Å². The number of aromatic nitrogens is 5. The van der Waals surface area contributed by atoms with Gasteiger partial charge < -0.3 is 19.9 Å². The van der Waals surface area contributed by atoms with Gasteiger partial charge in [-0.2, -0.15) is 0 Å². The molecule has 0 bridgehead atoms. The second-order valence-electron chi connectivity index (χ2n) is 8.99. The molecule has 5 rings (SSSR count). The smallest absolute Gasteiger partial charge is 0.331 e. The first-order chi connectivity index (χ1) is 17.4. The highest BCUT2D eigenvalue weighted by molar-refractivity contribution is 5.90. The minimum Gasteiger partial charge on any atom is -0.491 e. The van der Waals surface area contributed by atoms with Crippen molar-refractivity contribution >= 4 is 27.8 Å². The molecule has 1 atom stereocenters. The van der Waals surface area contributed by atoms with E-state index in [4.69, 9.17) is 10.5 Å². The average molecular weight is 488 g/mol. The van der Waals surface area contributed by atoms with Crippen molar-refractivity contribution in [1.29, 1.82) is 0 Å². The van der Waals surface area contributed by atoms with Crippen LogP contribution in [0.1, 0.15) is 25.6 Å². The molecule has 1 fully saturated rings. The molecule has 1 aromatic carbocycles. The highest BCUT2D eigenvalue weighted by atomic mass is 16.5. The molecule has 4 aromatic rings. The Kier molecular flexibility index (Phi) is 6.24.